The lowest BCUT2D eigenvalue weighted by Gasteiger charge is -2.51. The molecule has 4 aliphatic rings. The van der Waals surface area contributed by atoms with Crippen LogP contribution in [0.15, 0.2) is 72.8 Å². The van der Waals surface area contributed by atoms with Gasteiger partial charge in [-0.05, 0) is 46.9 Å². The van der Waals surface area contributed by atoms with Gasteiger partial charge < -0.3 is 4.74 Å². The van der Waals surface area contributed by atoms with E-state index in [1.807, 2.05) is 24.3 Å². The summed E-state index contributed by atoms with van der Waals surface area (Å²) in [4.78, 5) is 42.7. The SMILES string of the molecule is CCCCCCCCCCCCCCCOC(=O)c1cccc(N2C(=O)[C@@H]3C4c5ccccc5C(Br)(c5ccccc54)[C@@H]3C2=O)c1. The molecule has 3 aromatic carbocycles. The van der Waals surface area contributed by atoms with Gasteiger partial charge in [-0.15, -0.1) is 0 Å². The standard InChI is InChI=1S/C40H46BrNO4/c1-2-3-4-5-6-7-8-9-10-11-12-13-18-26-46-39(45)28-20-19-21-29(27-28)42-37(43)35-34-30-22-14-16-24-32(30)40(41,36(35)38(42)44)33-25-17-15-23-31(33)34/h14-17,19-25,27,34-36H,2-13,18,26H2,1H3/t34?,35-,36+,40?/m1/s1. The Kier molecular flexibility index (Phi) is 10.4. The maximum Gasteiger partial charge on any atom is 0.338 e. The summed E-state index contributed by atoms with van der Waals surface area (Å²) in [6.45, 7) is 2.63. The highest BCUT2D eigenvalue weighted by Crippen LogP contribution is 2.66. The second kappa shape index (κ2) is 14.7. The fourth-order valence-corrected chi connectivity index (χ4v) is 9.28. The molecule has 2 bridgehead atoms. The van der Waals surface area contributed by atoms with E-state index in [-0.39, 0.29) is 17.7 Å². The third kappa shape index (κ3) is 6.10. The van der Waals surface area contributed by atoms with Crippen molar-refractivity contribution in [2.75, 3.05) is 11.5 Å². The first-order valence-corrected chi connectivity index (χ1v) is 18.3. The number of ether oxygens (including phenoxy) is 1. The Morgan fingerprint density at radius 3 is 1.85 bits per heavy atom. The predicted octanol–water partition coefficient (Wildman–Crippen LogP) is 9.84. The molecule has 0 radical (unpaired) electrons. The van der Waals surface area contributed by atoms with E-state index in [0.29, 0.717) is 17.9 Å². The zero-order chi connectivity index (χ0) is 32.1. The van der Waals surface area contributed by atoms with Crippen molar-refractivity contribution in [3.63, 3.8) is 0 Å². The van der Waals surface area contributed by atoms with Gasteiger partial charge in [0.1, 0.15) is 0 Å². The monoisotopic (exact) mass is 683 g/mol. The number of carbonyl (C=O) groups is 3. The quantitative estimate of drug-likeness (QED) is 0.0652. The number of benzene rings is 3. The molecule has 3 aromatic rings. The second-order valence-corrected chi connectivity index (χ2v) is 14.6. The molecule has 1 heterocycles. The number of alkyl halides is 1. The van der Waals surface area contributed by atoms with E-state index in [2.05, 4.69) is 47.1 Å². The summed E-state index contributed by atoms with van der Waals surface area (Å²) in [5, 5.41) is 0. The van der Waals surface area contributed by atoms with Crippen molar-refractivity contribution in [1.82, 2.24) is 0 Å². The van der Waals surface area contributed by atoms with Crippen LogP contribution in [0, 0.1) is 11.8 Å². The minimum Gasteiger partial charge on any atom is -0.462 e. The Bertz CT molecular complexity index is 1520. The smallest absolute Gasteiger partial charge is 0.338 e. The number of hydrogen-bond acceptors (Lipinski definition) is 4. The number of halogens is 1. The Balaban J connectivity index is 1.03. The van der Waals surface area contributed by atoms with Crippen molar-refractivity contribution in [2.24, 2.45) is 11.8 Å². The minimum atomic E-state index is -0.800. The molecule has 0 N–H and O–H groups in total. The summed E-state index contributed by atoms with van der Waals surface area (Å²) in [6.07, 6.45) is 16.4. The van der Waals surface area contributed by atoms with Crippen LogP contribution in [0.3, 0.4) is 0 Å². The Morgan fingerprint density at radius 2 is 1.26 bits per heavy atom. The lowest BCUT2D eigenvalue weighted by atomic mass is 9.55. The molecule has 0 unspecified atom stereocenters. The van der Waals surface area contributed by atoms with Crippen LogP contribution < -0.4 is 4.90 Å². The highest BCUT2D eigenvalue weighted by molar-refractivity contribution is 9.09. The highest BCUT2D eigenvalue weighted by Gasteiger charge is 2.67. The van der Waals surface area contributed by atoms with Crippen LogP contribution in [0.25, 0.3) is 0 Å². The summed E-state index contributed by atoms with van der Waals surface area (Å²) < 4.78 is 4.80. The van der Waals surface area contributed by atoms with Crippen molar-refractivity contribution >= 4 is 39.4 Å². The molecule has 46 heavy (non-hydrogen) atoms. The second-order valence-electron chi connectivity index (χ2n) is 13.3. The number of hydrogen-bond donors (Lipinski definition) is 0. The van der Waals surface area contributed by atoms with Gasteiger partial charge in [-0.25, -0.2) is 9.69 Å². The summed E-state index contributed by atoms with van der Waals surface area (Å²) in [6, 6.07) is 23.1. The molecule has 2 amide bonds. The van der Waals surface area contributed by atoms with Crippen molar-refractivity contribution in [1.29, 1.82) is 0 Å². The molecule has 1 aliphatic heterocycles. The third-order valence-corrected chi connectivity index (χ3v) is 11.7. The molecular weight excluding hydrogens is 638 g/mol. The average Bonchev–Trinajstić information content (AvgIpc) is 3.35. The molecule has 6 heteroatoms. The largest absolute Gasteiger partial charge is 0.462 e. The molecule has 242 valence electrons. The number of anilines is 1. The van der Waals surface area contributed by atoms with E-state index in [0.717, 1.165) is 41.5 Å². The predicted molar refractivity (Wildman–Crippen MR) is 186 cm³/mol. The van der Waals surface area contributed by atoms with Gasteiger partial charge in [-0.1, -0.05) is 155 Å². The molecule has 0 saturated carbocycles. The molecule has 7 rings (SSSR count). The zero-order valence-corrected chi connectivity index (χ0v) is 28.6. The molecule has 3 aliphatic carbocycles. The lowest BCUT2D eigenvalue weighted by molar-refractivity contribution is -0.122. The van der Waals surface area contributed by atoms with E-state index < -0.39 is 22.1 Å². The minimum absolute atomic E-state index is 0.202. The van der Waals surface area contributed by atoms with Crippen molar-refractivity contribution in [2.45, 2.75) is 101 Å². The number of nitrogens with zero attached hydrogens (tertiary/aromatic N) is 1. The molecule has 1 saturated heterocycles. The molecular formula is C40H46BrNO4. The number of esters is 1. The van der Waals surface area contributed by atoms with Gasteiger partial charge in [-0.3, -0.25) is 9.59 Å². The molecule has 5 nitrogen and oxygen atoms in total. The number of carbonyl (C=O) groups excluding carboxylic acids is 3. The van der Waals surface area contributed by atoms with Gasteiger partial charge >= 0.3 is 5.97 Å². The highest BCUT2D eigenvalue weighted by atomic mass is 79.9. The van der Waals surface area contributed by atoms with Gasteiger partial charge in [0.25, 0.3) is 0 Å². The van der Waals surface area contributed by atoms with Gasteiger partial charge in [0.2, 0.25) is 11.8 Å². The fraction of sp³-hybridized carbons (Fsp3) is 0.475. The van der Waals surface area contributed by atoms with Crippen molar-refractivity contribution in [3.05, 3.63) is 101 Å². The average molecular weight is 685 g/mol. The first kappa shape index (κ1) is 32.7. The third-order valence-electron chi connectivity index (χ3n) is 10.3. The van der Waals surface area contributed by atoms with Crippen LogP contribution in [0.2, 0.25) is 0 Å². The van der Waals surface area contributed by atoms with Crippen LogP contribution in [-0.4, -0.2) is 24.4 Å². The normalized spacial score (nSPS) is 22.5. The summed E-state index contributed by atoms with van der Waals surface area (Å²) in [5.74, 6) is -2.19. The van der Waals surface area contributed by atoms with E-state index in [1.165, 1.54) is 69.1 Å². The van der Waals surface area contributed by atoms with Gasteiger partial charge in [0.15, 0.2) is 0 Å². The molecule has 0 aromatic heterocycles. The van der Waals surface area contributed by atoms with Crippen LogP contribution in [0.1, 0.15) is 129 Å². The maximum atomic E-state index is 14.2. The Morgan fingerprint density at radius 1 is 0.717 bits per heavy atom. The molecule has 0 spiro atoms. The fourth-order valence-electron chi connectivity index (χ4n) is 8.07. The molecule has 2 atom stereocenters. The van der Waals surface area contributed by atoms with Crippen LogP contribution in [-0.2, 0) is 18.7 Å². The van der Waals surface area contributed by atoms with Gasteiger partial charge in [-0.2, -0.15) is 0 Å². The van der Waals surface area contributed by atoms with Crippen molar-refractivity contribution < 1.29 is 19.1 Å². The number of imide groups is 1. The zero-order valence-electron chi connectivity index (χ0n) is 27.0. The van der Waals surface area contributed by atoms with Crippen LogP contribution >= 0.6 is 15.9 Å². The number of unbranched alkanes of at least 4 members (excludes halogenated alkanes) is 12. The summed E-state index contributed by atoms with van der Waals surface area (Å²) >= 11 is 4.04. The van der Waals surface area contributed by atoms with Crippen molar-refractivity contribution in [3.8, 4) is 0 Å². The Labute approximate surface area is 282 Å². The van der Waals surface area contributed by atoms with E-state index in [4.69, 9.17) is 4.74 Å². The number of rotatable bonds is 16. The topological polar surface area (TPSA) is 63.7 Å². The maximum absolute atomic E-state index is 14.2. The van der Waals surface area contributed by atoms with Gasteiger partial charge in [0, 0.05) is 5.92 Å². The lowest BCUT2D eigenvalue weighted by Crippen LogP contribution is -2.50. The van der Waals surface area contributed by atoms with E-state index in [9.17, 15) is 14.4 Å². The first-order chi connectivity index (χ1) is 22.5. The summed E-state index contributed by atoms with van der Waals surface area (Å²) in [7, 11) is 0. The first-order valence-electron chi connectivity index (χ1n) is 17.5. The number of amides is 2. The summed E-state index contributed by atoms with van der Waals surface area (Å²) in [5.41, 5.74) is 5.05. The van der Waals surface area contributed by atoms with Crippen LogP contribution in [0.5, 0.6) is 0 Å². The van der Waals surface area contributed by atoms with Gasteiger partial charge in [0.05, 0.1) is 34.0 Å². The van der Waals surface area contributed by atoms with E-state index >= 15 is 0 Å². The molecule has 1 fully saturated rings. The Hall–Kier alpha value is -3.25. The van der Waals surface area contributed by atoms with Crippen LogP contribution in [0.4, 0.5) is 5.69 Å². The van der Waals surface area contributed by atoms with E-state index in [1.54, 1.807) is 24.3 Å².